The van der Waals surface area contributed by atoms with Gasteiger partial charge in [0.2, 0.25) is 6.10 Å². The molecule has 0 radical (unpaired) electrons. The Morgan fingerprint density at radius 3 is 2.58 bits per heavy atom. The van der Waals surface area contributed by atoms with Crippen molar-refractivity contribution < 1.29 is 37.4 Å². The van der Waals surface area contributed by atoms with Gasteiger partial charge in [-0.3, -0.25) is 0 Å². The smallest absolute Gasteiger partial charge is 0.418 e. The summed E-state index contributed by atoms with van der Waals surface area (Å²) in [5.74, 6) is -1.51. The molecule has 3 amide bonds. The third-order valence-electron chi connectivity index (χ3n) is 7.01. The van der Waals surface area contributed by atoms with Gasteiger partial charge in [0.25, 0.3) is 0 Å². The van der Waals surface area contributed by atoms with E-state index in [-0.39, 0.29) is 35.7 Å². The first kappa shape index (κ1) is 27.6. The van der Waals surface area contributed by atoms with Gasteiger partial charge in [0.15, 0.2) is 0 Å². The number of nitrogens with two attached hydrogens (primary N) is 1. The van der Waals surface area contributed by atoms with Gasteiger partial charge in [0.05, 0.1) is 16.3 Å². The summed E-state index contributed by atoms with van der Waals surface area (Å²) in [7, 11) is 0. The second kappa shape index (κ2) is 11.1. The Kier molecular flexibility index (Phi) is 8.10. The number of nitrogen functional groups attached to an aromatic ring is 1. The number of likely N-dealkylation sites (tertiary alicyclic amines) is 1. The summed E-state index contributed by atoms with van der Waals surface area (Å²) in [5.41, 5.74) is 5.55. The highest BCUT2D eigenvalue weighted by molar-refractivity contribution is 6.33. The van der Waals surface area contributed by atoms with Gasteiger partial charge >= 0.3 is 24.3 Å². The van der Waals surface area contributed by atoms with Crippen molar-refractivity contribution in [3.63, 3.8) is 0 Å². The maximum Gasteiger partial charge on any atom is 0.418 e. The zero-order valence-corrected chi connectivity index (χ0v) is 21.1. The van der Waals surface area contributed by atoms with E-state index in [4.69, 9.17) is 22.1 Å². The average Bonchev–Trinajstić information content (AvgIpc) is 3.03. The number of amides is 3. The molecule has 1 aromatic carbocycles. The summed E-state index contributed by atoms with van der Waals surface area (Å²) >= 11 is 5.82. The van der Waals surface area contributed by atoms with Crippen molar-refractivity contribution in [3.05, 3.63) is 51.7 Å². The molecule has 4 rings (SSSR count). The van der Waals surface area contributed by atoms with Crippen molar-refractivity contribution in [1.29, 1.82) is 0 Å². The largest absolute Gasteiger partial charge is 0.478 e. The van der Waals surface area contributed by atoms with Crippen LogP contribution in [0.3, 0.4) is 0 Å². The van der Waals surface area contributed by atoms with Gasteiger partial charge in [-0.2, -0.15) is 13.2 Å². The van der Waals surface area contributed by atoms with Crippen LogP contribution in [0.25, 0.3) is 0 Å². The number of urea groups is 1. The standard InChI is InChI=1S/C25H28ClF3N4O5/c26-18-12-14(11-17(21(18)30)25(27,28)29)13-20(22(34)35)38-24(37)32-8-6-16(7-9-32)33-10-5-15-3-1-2-4-19(15)31-23(33)36/h1,3,11-12,16,20H,2,4-10,13,30H2,(H,31,36)(H,34,35)/t20-/m1/s1. The minimum Gasteiger partial charge on any atom is -0.478 e. The van der Waals surface area contributed by atoms with Gasteiger partial charge in [0.1, 0.15) is 0 Å². The molecule has 0 bridgehead atoms. The SMILES string of the molecule is Nc1c(Cl)cc(C[C@@H](OC(=O)N2CCC(N3CCC4=C(CCC=C4)NC3=O)CC2)C(=O)O)cc1C(F)(F)F. The van der Waals surface area contributed by atoms with Crippen LogP contribution in [0.2, 0.25) is 5.02 Å². The van der Waals surface area contributed by atoms with Crippen LogP contribution >= 0.6 is 11.6 Å². The van der Waals surface area contributed by atoms with E-state index in [1.54, 1.807) is 4.90 Å². The number of anilines is 1. The molecule has 0 aromatic heterocycles. The minimum absolute atomic E-state index is 0.0891. The third-order valence-corrected chi connectivity index (χ3v) is 7.32. The first-order chi connectivity index (χ1) is 17.9. The zero-order chi connectivity index (χ0) is 27.6. The number of nitrogens with one attached hydrogen (secondary N) is 1. The van der Waals surface area contributed by atoms with E-state index >= 15 is 0 Å². The lowest BCUT2D eigenvalue weighted by molar-refractivity contribution is -0.147. The van der Waals surface area contributed by atoms with E-state index in [1.165, 1.54) is 4.90 Å². The summed E-state index contributed by atoms with van der Waals surface area (Å²) in [5, 5.41) is 12.2. The molecule has 3 aliphatic rings. The van der Waals surface area contributed by atoms with Crippen molar-refractivity contribution in [3.8, 4) is 0 Å². The summed E-state index contributed by atoms with van der Waals surface area (Å²) in [6, 6.07) is 1.55. The number of rotatable bonds is 5. The normalized spacial score (nSPS) is 19.5. The van der Waals surface area contributed by atoms with Gasteiger partial charge in [0, 0.05) is 37.8 Å². The second-order valence-corrected chi connectivity index (χ2v) is 9.90. The Labute approximate surface area is 222 Å². The van der Waals surface area contributed by atoms with Crippen LogP contribution in [0.15, 0.2) is 35.6 Å². The molecule has 1 aliphatic carbocycles. The number of aliphatic carboxylic acids is 1. The summed E-state index contributed by atoms with van der Waals surface area (Å²) < 4.78 is 45.0. The van der Waals surface area contributed by atoms with Crippen molar-refractivity contribution >= 4 is 35.4 Å². The predicted octanol–water partition coefficient (Wildman–Crippen LogP) is 4.56. The number of nitrogens with zero attached hydrogens (tertiary/aromatic N) is 2. The van der Waals surface area contributed by atoms with Crippen molar-refractivity contribution in [1.82, 2.24) is 15.1 Å². The molecule has 2 aliphatic heterocycles. The molecule has 206 valence electrons. The van der Waals surface area contributed by atoms with Crippen LogP contribution in [0.5, 0.6) is 0 Å². The Morgan fingerprint density at radius 1 is 1.21 bits per heavy atom. The molecule has 4 N–H and O–H groups in total. The molecule has 13 heteroatoms. The van der Waals surface area contributed by atoms with E-state index in [0.29, 0.717) is 25.5 Å². The lowest BCUT2D eigenvalue weighted by Gasteiger charge is -2.37. The molecule has 38 heavy (non-hydrogen) atoms. The number of alkyl halides is 3. The van der Waals surface area contributed by atoms with E-state index < -0.39 is 42.0 Å². The Balaban J connectivity index is 1.35. The fourth-order valence-corrected chi connectivity index (χ4v) is 5.20. The van der Waals surface area contributed by atoms with Gasteiger partial charge in [-0.25, -0.2) is 14.4 Å². The predicted molar refractivity (Wildman–Crippen MR) is 132 cm³/mol. The molecule has 1 atom stereocenters. The number of piperidine rings is 1. The van der Waals surface area contributed by atoms with E-state index in [9.17, 15) is 32.7 Å². The van der Waals surface area contributed by atoms with Crippen LogP contribution < -0.4 is 11.1 Å². The molecule has 1 saturated heterocycles. The number of ether oxygens (including phenoxy) is 1. The van der Waals surface area contributed by atoms with E-state index in [1.807, 2.05) is 6.08 Å². The first-order valence-corrected chi connectivity index (χ1v) is 12.6. The number of hydrogen-bond acceptors (Lipinski definition) is 5. The van der Waals surface area contributed by atoms with Gasteiger partial charge < -0.3 is 30.7 Å². The molecule has 0 spiro atoms. The highest BCUT2D eigenvalue weighted by Gasteiger charge is 2.36. The highest BCUT2D eigenvalue weighted by atomic mass is 35.5. The van der Waals surface area contributed by atoms with Crippen molar-refractivity contribution in [2.45, 2.75) is 56.8 Å². The van der Waals surface area contributed by atoms with Gasteiger partial charge in [-0.15, -0.1) is 0 Å². The third kappa shape index (κ3) is 6.17. The summed E-state index contributed by atoms with van der Waals surface area (Å²) in [6.45, 7) is 1.02. The molecular weight excluding hydrogens is 529 g/mol. The molecule has 0 saturated carbocycles. The van der Waals surface area contributed by atoms with Crippen molar-refractivity contribution in [2.75, 3.05) is 25.4 Å². The molecule has 1 aromatic rings. The second-order valence-electron chi connectivity index (χ2n) is 9.49. The quantitative estimate of drug-likeness (QED) is 0.457. The maximum atomic E-state index is 13.3. The number of carbonyl (C=O) groups excluding carboxylic acids is 2. The monoisotopic (exact) mass is 556 g/mol. The maximum absolute atomic E-state index is 13.3. The Morgan fingerprint density at radius 2 is 1.92 bits per heavy atom. The van der Waals surface area contributed by atoms with Gasteiger partial charge in [-0.05, 0) is 55.4 Å². The van der Waals surface area contributed by atoms with E-state index in [0.717, 1.165) is 36.6 Å². The highest BCUT2D eigenvalue weighted by Crippen LogP contribution is 2.38. The summed E-state index contributed by atoms with van der Waals surface area (Å²) in [4.78, 5) is 40.4. The molecule has 2 heterocycles. The average molecular weight is 557 g/mol. The minimum atomic E-state index is -4.79. The Hall–Kier alpha value is -3.41. The topological polar surface area (TPSA) is 125 Å². The number of carboxylic acids is 1. The van der Waals surface area contributed by atoms with Crippen LogP contribution in [-0.2, 0) is 22.1 Å². The van der Waals surface area contributed by atoms with Crippen molar-refractivity contribution in [2.24, 2.45) is 0 Å². The van der Waals surface area contributed by atoms with Crippen LogP contribution in [0.1, 0.15) is 43.2 Å². The zero-order valence-electron chi connectivity index (χ0n) is 20.4. The molecule has 0 unspecified atom stereocenters. The number of hydrogen-bond donors (Lipinski definition) is 3. The molecule has 1 fully saturated rings. The number of allylic oxidation sites excluding steroid dienone is 3. The molecule has 9 nitrogen and oxygen atoms in total. The number of carbonyl (C=O) groups is 3. The Bertz CT molecular complexity index is 1180. The first-order valence-electron chi connectivity index (χ1n) is 12.2. The lowest BCUT2D eigenvalue weighted by atomic mass is 10.0. The number of carboxylic acid groups (broad SMARTS) is 1. The number of benzene rings is 1. The molecular formula is C25H28ClF3N4O5. The van der Waals surface area contributed by atoms with Crippen LogP contribution in [0.4, 0.5) is 28.4 Å². The fourth-order valence-electron chi connectivity index (χ4n) is 4.96. The lowest BCUT2D eigenvalue weighted by Crippen LogP contribution is -2.51. The van der Waals surface area contributed by atoms with E-state index in [2.05, 4.69) is 11.4 Å². The fraction of sp³-hybridized carbons (Fsp3) is 0.480. The van der Waals surface area contributed by atoms with Crippen LogP contribution in [0, 0.1) is 0 Å². The van der Waals surface area contributed by atoms with Gasteiger partial charge in [-0.1, -0.05) is 23.8 Å². The summed E-state index contributed by atoms with van der Waals surface area (Å²) in [6.07, 6.45) is -0.453. The van der Waals surface area contributed by atoms with Crippen LogP contribution in [-0.4, -0.2) is 64.8 Å². The number of halogens is 4.